The number of carbonyl (C=O) groups is 3. The SMILES string of the molecule is O=C1CCC(C(=O)Nc2c(F)cccc2C(=O)O)CN1. The van der Waals surface area contributed by atoms with Gasteiger partial charge in [-0.25, -0.2) is 9.18 Å². The van der Waals surface area contributed by atoms with Gasteiger partial charge in [-0.1, -0.05) is 6.07 Å². The number of amides is 2. The van der Waals surface area contributed by atoms with Crippen LogP contribution in [0.4, 0.5) is 10.1 Å². The summed E-state index contributed by atoms with van der Waals surface area (Å²) in [7, 11) is 0. The number of para-hydroxylation sites is 1. The van der Waals surface area contributed by atoms with Crippen molar-refractivity contribution >= 4 is 23.5 Å². The summed E-state index contributed by atoms with van der Waals surface area (Å²) in [5, 5.41) is 13.8. The van der Waals surface area contributed by atoms with Crippen LogP contribution in [0.3, 0.4) is 0 Å². The molecule has 0 spiro atoms. The fraction of sp³-hybridized carbons (Fsp3) is 0.308. The van der Waals surface area contributed by atoms with Gasteiger partial charge in [-0.15, -0.1) is 0 Å². The molecule has 3 N–H and O–H groups in total. The van der Waals surface area contributed by atoms with E-state index in [0.717, 1.165) is 6.07 Å². The predicted octanol–water partition coefficient (Wildman–Crippen LogP) is 0.989. The van der Waals surface area contributed by atoms with Gasteiger partial charge >= 0.3 is 5.97 Å². The fourth-order valence-electron chi connectivity index (χ4n) is 2.01. The summed E-state index contributed by atoms with van der Waals surface area (Å²) in [6, 6.07) is 3.55. The first-order valence-corrected chi connectivity index (χ1v) is 6.08. The molecule has 0 saturated carbocycles. The molecule has 1 unspecified atom stereocenters. The van der Waals surface area contributed by atoms with E-state index in [1.165, 1.54) is 12.1 Å². The predicted molar refractivity (Wildman–Crippen MR) is 67.7 cm³/mol. The first-order valence-electron chi connectivity index (χ1n) is 6.08. The summed E-state index contributed by atoms with van der Waals surface area (Å²) in [4.78, 5) is 34.0. The second-order valence-electron chi connectivity index (χ2n) is 4.50. The van der Waals surface area contributed by atoms with Crippen molar-refractivity contribution in [3.05, 3.63) is 29.6 Å². The van der Waals surface area contributed by atoms with Gasteiger partial charge in [0.05, 0.1) is 17.2 Å². The lowest BCUT2D eigenvalue weighted by molar-refractivity contribution is -0.126. The highest BCUT2D eigenvalue weighted by molar-refractivity contribution is 6.01. The molecular weight excluding hydrogens is 267 g/mol. The lowest BCUT2D eigenvalue weighted by atomic mass is 9.98. The van der Waals surface area contributed by atoms with E-state index in [2.05, 4.69) is 10.6 Å². The molecule has 20 heavy (non-hydrogen) atoms. The molecule has 1 heterocycles. The second-order valence-corrected chi connectivity index (χ2v) is 4.50. The number of aromatic carboxylic acids is 1. The van der Waals surface area contributed by atoms with E-state index in [-0.39, 0.29) is 30.1 Å². The maximum Gasteiger partial charge on any atom is 0.337 e. The molecule has 0 aromatic heterocycles. The van der Waals surface area contributed by atoms with Crippen LogP contribution in [0.2, 0.25) is 0 Å². The van der Waals surface area contributed by atoms with Crippen molar-refractivity contribution in [2.24, 2.45) is 5.92 Å². The van der Waals surface area contributed by atoms with E-state index in [1.54, 1.807) is 0 Å². The van der Waals surface area contributed by atoms with Crippen LogP contribution in [0.5, 0.6) is 0 Å². The van der Waals surface area contributed by atoms with Crippen LogP contribution in [0.25, 0.3) is 0 Å². The Morgan fingerprint density at radius 2 is 2.15 bits per heavy atom. The molecule has 2 rings (SSSR count). The van der Waals surface area contributed by atoms with Crippen molar-refractivity contribution in [3.63, 3.8) is 0 Å². The molecule has 1 saturated heterocycles. The molecule has 1 aliphatic rings. The number of rotatable bonds is 3. The highest BCUT2D eigenvalue weighted by Gasteiger charge is 2.26. The van der Waals surface area contributed by atoms with E-state index in [9.17, 15) is 18.8 Å². The number of benzene rings is 1. The first-order chi connectivity index (χ1) is 9.49. The van der Waals surface area contributed by atoms with Crippen molar-refractivity contribution in [2.75, 3.05) is 11.9 Å². The van der Waals surface area contributed by atoms with Gasteiger partial charge in [0, 0.05) is 13.0 Å². The Morgan fingerprint density at radius 3 is 2.75 bits per heavy atom. The van der Waals surface area contributed by atoms with E-state index < -0.39 is 23.6 Å². The monoisotopic (exact) mass is 280 g/mol. The van der Waals surface area contributed by atoms with Crippen LogP contribution in [-0.4, -0.2) is 29.4 Å². The molecule has 6 nitrogen and oxygen atoms in total. The summed E-state index contributed by atoms with van der Waals surface area (Å²) in [5.74, 6) is -3.26. The number of nitrogens with one attached hydrogen (secondary N) is 2. The van der Waals surface area contributed by atoms with Crippen LogP contribution in [0, 0.1) is 11.7 Å². The van der Waals surface area contributed by atoms with Gasteiger partial charge in [0.15, 0.2) is 0 Å². The molecule has 1 fully saturated rings. The third-order valence-corrected chi connectivity index (χ3v) is 3.13. The molecule has 1 aromatic rings. The minimum absolute atomic E-state index is 0.133. The molecule has 1 atom stereocenters. The third kappa shape index (κ3) is 2.93. The van der Waals surface area contributed by atoms with Crippen molar-refractivity contribution in [1.82, 2.24) is 5.32 Å². The Hall–Kier alpha value is -2.44. The van der Waals surface area contributed by atoms with Crippen molar-refractivity contribution < 1.29 is 23.9 Å². The number of carboxylic acids is 1. The standard InChI is InChI=1S/C13H13FN2O4/c14-9-3-1-2-8(13(19)20)11(9)16-12(18)7-4-5-10(17)15-6-7/h1-3,7H,4-6H2,(H,15,17)(H,16,18)(H,19,20). The van der Waals surface area contributed by atoms with Gasteiger partial charge in [0.25, 0.3) is 0 Å². The average molecular weight is 280 g/mol. The topological polar surface area (TPSA) is 95.5 Å². The van der Waals surface area contributed by atoms with Gasteiger partial charge in [-0.05, 0) is 18.6 Å². The van der Waals surface area contributed by atoms with Crippen LogP contribution >= 0.6 is 0 Å². The van der Waals surface area contributed by atoms with Gasteiger partial charge in [0.2, 0.25) is 11.8 Å². The molecule has 106 valence electrons. The number of halogens is 1. The Balaban J connectivity index is 2.15. The zero-order valence-electron chi connectivity index (χ0n) is 10.5. The van der Waals surface area contributed by atoms with E-state index in [0.29, 0.717) is 6.42 Å². The maximum atomic E-state index is 13.7. The summed E-state index contributed by atoms with van der Waals surface area (Å²) >= 11 is 0. The Morgan fingerprint density at radius 1 is 1.40 bits per heavy atom. The summed E-state index contributed by atoms with van der Waals surface area (Å²) in [6.45, 7) is 0.168. The van der Waals surface area contributed by atoms with Crippen molar-refractivity contribution in [3.8, 4) is 0 Å². The molecule has 0 radical (unpaired) electrons. The van der Waals surface area contributed by atoms with Crippen LogP contribution in [0.15, 0.2) is 18.2 Å². The highest BCUT2D eigenvalue weighted by atomic mass is 19.1. The molecule has 0 bridgehead atoms. The molecule has 2 amide bonds. The summed E-state index contributed by atoms with van der Waals surface area (Å²) in [6.07, 6.45) is 0.579. The number of anilines is 1. The largest absolute Gasteiger partial charge is 0.478 e. The fourth-order valence-corrected chi connectivity index (χ4v) is 2.01. The van der Waals surface area contributed by atoms with Crippen molar-refractivity contribution in [1.29, 1.82) is 0 Å². The highest BCUT2D eigenvalue weighted by Crippen LogP contribution is 2.22. The number of carbonyl (C=O) groups excluding carboxylic acids is 2. The van der Waals surface area contributed by atoms with E-state index in [1.807, 2.05) is 0 Å². The zero-order valence-corrected chi connectivity index (χ0v) is 10.5. The summed E-state index contributed by atoms with van der Waals surface area (Å²) in [5.41, 5.74) is -0.653. The number of hydrogen-bond donors (Lipinski definition) is 3. The Kier molecular flexibility index (Phi) is 3.97. The van der Waals surface area contributed by atoms with Crippen LogP contribution in [0.1, 0.15) is 23.2 Å². The first kappa shape index (κ1) is 14.0. The van der Waals surface area contributed by atoms with Crippen molar-refractivity contribution in [2.45, 2.75) is 12.8 Å². The molecular formula is C13H13FN2O4. The quantitative estimate of drug-likeness (QED) is 0.769. The maximum absolute atomic E-state index is 13.7. The molecule has 1 aliphatic heterocycles. The van der Waals surface area contributed by atoms with Crippen LogP contribution in [-0.2, 0) is 9.59 Å². The number of piperidine rings is 1. The molecule has 7 heteroatoms. The molecule has 1 aromatic carbocycles. The Bertz CT molecular complexity index is 563. The Labute approximate surface area is 114 Å². The zero-order chi connectivity index (χ0) is 14.7. The van der Waals surface area contributed by atoms with Gasteiger partial charge in [-0.2, -0.15) is 0 Å². The smallest absolute Gasteiger partial charge is 0.337 e. The lowest BCUT2D eigenvalue weighted by Crippen LogP contribution is -2.40. The third-order valence-electron chi connectivity index (χ3n) is 3.13. The van der Waals surface area contributed by atoms with Gasteiger partial charge in [-0.3, -0.25) is 9.59 Å². The van der Waals surface area contributed by atoms with Crippen LogP contribution < -0.4 is 10.6 Å². The molecule has 0 aliphatic carbocycles. The number of hydrogen-bond acceptors (Lipinski definition) is 3. The minimum atomic E-state index is -1.32. The second kappa shape index (κ2) is 5.68. The normalized spacial score (nSPS) is 18.2. The van der Waals surface area contributed by atoms with E-state index >= 15 is 0 Å². The average Bonchev–Trinajstić information content (AvgIpc) is 2.41. The van der Waals surface area contributed by atoms with E-state index in [4.69, 9.17) is 5.11 Å². The van der Waals surface area contributed by atoms with Gasteiger partial charge in [0.1, 0.15) is 5.82 Å². The summed E-state index contributed by atoms with van der Waals surface area (Å²) < 4.78 is 13.7. The lowest BCUT2D eigenvalue weighted by Gasteiger charge is -2.22. The number of carboxylic acid groups (broad SMARTS) is 1. The minimum Gasteiger partial charge on any atom is -0.478 e. The van der Waals surface area contributed by atoms with Gasteiger partial charge < -0.3 is 15.7 Å².